The number of benzene rings is 1. The van der Waals surface area contributed by atoms with E-state index in [0.29, 0.717) is 6.54 Å². The molecule has 1 fully saturated rings. The topological polar surface area (TPSA) is 29.3 Å². The monoisotopic (exact) mass is 344 g/mol. The molecule has 1 unspecified atom stereocenters. The molecular formula is C15H22BrClN2. The highest BCUT2D eigenvalue weighted by atomic mass is 79.9. The number of rotatable bonds is 6. The van der Waals surface area contributed by atoms with Gasteiger partial charge >= 0.3 is 0 Å². The van der Waals surface area contributed by atoms with Gasteiger partial charge in [-0.3, -0.25) is 4.90 Å². The first-order valence-corrected chi connectivity index (χ1v) is 8.21. The molecule has 2 N–H and O–H groups in total. The van der Waals surface area contributed by atoms with E-state index < -0.39 is 0 Å². The average Bonchev–Trinajstić information content (AvgIpc) is 2.33. The van der Waals surface area contributed by atoms with Crippen molar-refractivity contribution >= 4 is 27.5 Å². The molecule has 0 spiro atoms. The maximum atomic E-state index is 6.03. The van der Waals surface area contributed by atoms with Crippen LogP contribution in [0.15, 0.2) is 22.7 Å². The summed E-state index contributed by atoms with van der Waals surface area (Å²) in [7, 11) is 0. The van der Waals surface area contributed by atoms with Crippen LogP contribution in [-0.4, -0.2) is 24.5 Å². The van der Waals surface area contributed by atoms with Gasteiger partial charge in [-0.1, -0.05) is 46.9 Å². The molecule has 0 aromatic heterocycles. The first kappa shape index (κ1) is 15.3. The normalized spacial score (nSPS) is 17.5. The van der Waals surface area contributed by atoms with Crippen LogP contribution in [0.2, 0.25) is 5.02 Å². The van der Waals surface area contributed by atoms with Crippen LogP contribution >= 0.6 is 27.5 Å². The maximum Gasteiger partial charge on any atom is 0.0481 e. The highest BCUT2D eigenvalue weighted by Crippen LogP contribution is 2.33. The van der Waals surface area contributed by atoms with Gasteiger partial charge in [0, 0.05) is 28.6 Å². The van der Waals surface area contributed by atoms with Crippen LogP contribution in [0, 0.1) is 5.92 Å². The van der Waals surface area contributed by atoms with E-state index in [1.807, 2.05) is 12.1 Å². The minimum atomic E-state index is 0.275. The molecule has 0 amide bonds. The van der Waals surface area contributed by atoms with Crippen molar-refractivity contribution in [1.29, 1.82) is 0 Å². The van der Waals surface area contributed by atoms with Gasteiger partial charge in [0.05, 0.1) is 0 Å². The lowest BCUT2D eigenvalue weighted by Crippen LogP contribution is -2.38. The summed E-state index contributed by atoms with van der Waals surface area (Å²) in [4.78, 5) is 2.50. The summed E-state index contributed by atoms with van der Waals surface area (Å²) in [5.74, 6) is 0.861. The molecule has 2 nitrogen and oxygen atoms in total. The Bertz CT molecular complexity index is 421. The Morgan fingerprint density at radius 2 is 2.21 bits per heavy atom. The molecular weight excluding hydrogens is 324 g/mol. The molecule has 1 aliphatic carbocycles. The number of nitrogens with two attached hydrogens (primary N) is 1. The van der Waals surface area contributed by atoms with Crippen LogP contribution in [0.5, 0.6) is 0 Å². The van der Waals surface area contributed by atoms with Crippen molar-refractivity contribution < 1.29 is 0 Å². The highest BCUT2D eigenvalue weighted by Gasteiger charge is 2.25. The number of nitrogens with zero attached hydrogens (tertiary/aromatic N) is 1. The zero-order valence-electron chi connectivity index (χ0n) is 11.4. The lowest BCUT2D eigenvalue weighted by molar-refractivity contribution is 0.141. The Balaban J connectivity index is 2.15. The zero-order chi connectivity index (χ0) is 13.8. The van der Waals surface area contributed by atoms with Gasteiger partial charge in [0.1, 0.15) is 0 Å². The van der Waals surface area contributed by atoms with E-state index in [0.717, 1.165) is 28.5 Å². The molecule has 0 aliphatic heterocycles. The van der Waals surface area contributed by atoms with Crippen LogP contribution in [0.4, 0.5) is 0 Å². The Hall–Kier alpha value is -0.0900. The fourth-order valence-corrected chi connectivity index (χ4v) is 3.68. The third kappa shape index (κ3) is 3.72. The van der Waals surface area contributed by atoms with E-state index >= 15 is 0 Å². The van der Waals surface area contributed by atoms with Crippen molar-refractivity contribution in [2.75, 3.05) is 19.6 Å². The summed E-state index contributed by atoms with van der Waals surface area (Å²) < 4.78 is 1.06. The summed E-state index contributed by atoms with van der Waals surface area (Å²) in [6.07, 6.45) is 4.13. The van der Waals surface area contributed by atoms with Crippen molar-refractivity contribution in [2.24, 2.45) is 11.7 Å². The molecule has 4 heteroatoms. The molecule has 0 saturated heterocycles. The van der Waals surface area contributed by atoms with Crippen LogP contribution in [-0.2, 0) is 0 Å². The molecule has 1 aromatic carbocycles. The molecule has 1 aromatic rings. The van der Waals surface area contributed by atoms with Gasteiger partial charge in [-0.2, -0.15) is 0 Å². The fraction of sp³-hybridized carbons (Fsp3) is 0.600. The number of likely N-dealkylation sites (N-methyl/N-ethyl adjacent to an activating group) is 1. The van der Waals surface area contributed by atoms with E-state index in [2.05, 4.69) is 33.8 Å². The molecule has 0 bridgehead atoms. The van der Waals surface area contributed by atoms with Crippen molar-refractivity contribution in [3.05, 3.63) is 33.3 Å². The molecule has 106 valence electrons. The smallest absolute Gasteiger partial charge is 0.0481 e. The van der Waals surface area contributed by atoms with E-state index in [1.54, 1.807) is 0 Å². The van der Waals surface area contributed by atoms with E-state index in [1.165, 1.54) is 24.8 Å². The van der Waals surface area contributed by atoms with Crippen molar-refractivity contribution in [2.45, 2.75) is 32.2 Å². The van der Waals surface area contributed by atoms with Crippen LogP contribution in [0.3, 0.4) is 0 Å². The first-order valence-electron chi connectivity index (χ1n) is 7.04. The largest absolute Gasteiger partial charge is 0.329 e. The van der Waals surface area contributed by atoms with Crippen LogP contribution < -0.4 is 5.73 Å². The van der Waals surface area contributed by atoms with Gasteiger partial charge in [-0.25, -0.2) is 0 Å². The van der Waals surface area contributed by atoms with Crippen molar-refractivity contribution in [1.82, 2.24) is 4.90 Å². The van der Waals surface area contributed by atoms with Crippen molar-refractivity contribution in [3.63, 3.8) is 0 Å². The molecule has 1 aliphatic rings. The average molecular weight is 346 g/mol. The zero-order valence-corrected chi connectivity index (χ0v) is 13.8. The summed E-state index contributed by atoms with van der Waals surface area (Å²) in [6, 6.07) is 6.27. The lowest BCUT2D eigenvalue weighted by Gasteiger charge is -2.37. The quantitative estimate of drug-likeness (QED) is 0.836. The SMILES string of the molecule is CCN(CC1CCC1)C(CN)c1ccc(Cl)cc1Br. The molecule has 1 atom stereocenters. The first-order chi connectivity index (χ1) is 9.15. The standard InChI is InChI=1S/C15H22BrClN2/c1-2-19(10-11-4-3-5-11)15(9-18)13-7-6-12(17)8-14(13)16/h6-8,11,15H,2-5,9-10,18H2,1H3. The predicted octanol–water partition coefficient (Wildman–Crippen LogP) is 4.22. The molecule has 19 heavy (non-hydrogen) atoms. The van der Waals surface area contributed by atoms with Crippen LogP contribution in [0.1, 0.15) is 37.8 Å². The maximum absolute atomic E-state index is 6.03. The molecule has 0 radical (unpaired) electrons. The lowest BCUT2D eigenvalue weighted by atomic mass is 9.84. The molecule has 1 saturated carbocycles. The third-order valence-corrected chi connectivity index (χ3v) is 5.03. The third-order valence-electron chi connectivity index (χ3n) is 4.11. The summed E-state index contributed by atoms with van der Waals surface area (Å²) in [6.45, 7) is 5.05. The van der Waals surface area contributed by atoms with Crippen LogP contribution in [0.25, 0.3) is 0 Å². The minimum Gasteiger partial charge on any atom is -0.329 e. The Morgan fingerprint density at radius 1 is 1.47 bits per heavy atom. The Labute approximate surface area is 129 Å². The van der Waals surface area contributed by atoms with Gasteiger partial charge in [-0.05, 0) is 43.0 Å². The van der Waals surface area contributed by atoms with Crippen molar-refractivity contribution in [3.8, 4) is 0 Å². The molecule has 0 heterocycles. The Morgan fingerprint density at radius 3 is 2.68 bits per heavy atom. The number of hydrogen-bond acceptors (Lipinski definition) is 2. The highest BCUT2D eigenvalue weighted by molar-refractivity contribution is 9.10. The second-order valence-electron chi connectivity index (χ2n) is 5.30. The van der Waals surface area contributed by atoms with E-state index in [4.69, 9.17) is 17.3 Å². The van der Waals surface area contributed by atoms with E-state index in [9.17, 15) is 0 Å². The van der Waals surface area contributed by atoms with Gasteiger partial charge < -0.3 is 5.73 Å². The second-order valence-corrected chi connectivity index (χ2v) is 6.59. The Kier molecular flexibility index (Phi) is 5.70. The summed E-state index contributed by atoms with van der Waals surface area (Å²) >= 11 is 9.64. The van der Waals surface area contributed by atoms with E-state index in [-0.39, 0.29) is 6.04 Å². The summed E-state index contributed by atoms with van der Waals surface area (Å²) in [5.41, 5.74) is 7.27. The van der Waals surface area contributed by atoms with Gasteiger partial charge in [0.2, 0.25) is 0 Å². The number of halogens is 2. The van der Waals surface area contributed by atoms with Gasteiger partial charge in [0.15, 0.2) is 0 Å². The summed E-state index contributed by atoms with van der Waals surface area (Å²) in [5, 5.41) is 0.758. The molecule has 2 rings (SSSR count). The van der Waals surface area contributed by atoms with Gasteiger partial charge in [-0.15, -0.1) is 0 Å². The number of hydrogen-bond donors (Lipinski definition) is 1. The fourth-order valence-electron chi connectivity index (χ4n) is 2.73. The predicted molar refractivity (Wildman–Crippen MR) is 85.5 cm³/mol. The second kappa shape index (κ2) is 7.07. The minimum absolute atomic E-state index is 0.275. The van der Waals surface area contributed by atoms with Gasteiger partial charge in [0.25, 0.3) is 0 Å².